The molecule has 0 radical (unpaired) electrons. The molecule has 0 atom stereocenters. The molecule has 1 aromatic heterocycles. The van der Waals surface area contributed by atoms with Crippen molar-refractivity contribution in [1.29, 1.82) is 0 Å². The Morgan fingerprint density at radius 3 is 2.03 bits per heavy atom. The predicted octanol–water partition coefficient (Wildman–Crippen LogP) is 8.39. The minimum Gasteiger partial charge on any atom is -0.252 e. The molecule has 1 aliphatic heterocycles. The quantitative estimate of drug-likeness (QED) is 0.199. The third kappa shape index (κ3) is 8.25. The van der Waals surface area contributed by atoms with Gasteiger partial charge in [0.15, 0.2) is 0 Å². The number of hydrogen-bond acceptors (Lipinski definition) is 2. The van der Waals surface area contributed by atoms with Crippen molar-refractivity contribution in [2.45, 2.75) is 110 Å². The highest BCUT2D eigenvalue weighted by Gasteiger charge is 2.27. The SMILES string of the molecule is CCCCCCCCCCCCCCCN1CCCC[n+]2c(-c3ccccc3)csc21. The van der Waals surface area contributed by atoms with E-state index in [1.165, 1.54) is 126 Å². The highest BCUT2D eigenvalue weighted by Crippen LogP contribution is 2.28. The standard InChI is InChI=1S/C28H45N2S/c1-2-3-4-5-6-7-8-9-10-11-12-13-17-22-29-23-18-19-24-30-27(25-31-28(29)30)26-20-15-14-16-21-26/h14-16,20-21,25H,2-13,17-19,22-24H2,1H3/q+1. The van der Waals surface area contributed by atoms with Gasteiger partial charge in [-0.2, -0.15) is 0 Å². The van der Waals surface area contributed by atoms with Crippen LogP contribution in [0.3, 0.4) is 0 Å². The van der Waals surface area contributed by atoms with Gasteiger partial charge >= 0.3 is 5.13 Å². The average molecular weight is 442 g/mol. The minimum absolute atomic E-state index is 1.16. The van der Waals surface area contributed by atoms with Crippen molar-refractivity contribution in [1.82, 2.24) is 0 Å². The summed E-state index contributed by atoms with van der Waals surface area (Å²) in [4.78, 5) is 2.67. The van der Waals surface area contributed by atoms with Crippen LogP contribution in [0.15, 0.2) is 35.7 Å². The lowest BCUT2D eigenvalue weighted by Crippen LogP contribution is -2.39. The van der Waals surface area contributed by atoms with Gasteiger partial charge < -0.3 is 0 Å². The van der Waals surface area contributed by atoms with Crippen LogP contribution in [0.4, 0.5) is 5.13 Å². The molecule has 2 heterocycles. The first kappa shape index (κ1) is 24.3. The third-order valence-corrected chi connectivity index (χ3v) is 7.76. The molecule has 0 fully saturated rings. The Balaban J connectivity index is 1.31. The van der Waals surface area contributed by atoms with Gasteiger partial charge in [0.05, 0.1) is 19.6 Å². The summed E-state index contributed by atoms with van der Waals surface area (Å²) in [5, 5.41) is 3.85. The van der Waals surface area contributed by atoms with Crippen molar-refractivity contribution in [3.05, 3.63) is 35.7 Å². The molecule has 2 aromatic rings. The van der Waals surface area contributed by atoms with E-state index in [0.29, 0.717) is 0 Å². The van der Waals surface area contributed by atoms with E-state index in [1.54, 1.807) is 0 Å². The van der Waals surface area contributed by atoms with Gasteiger partial charge in [-0.15, -0.1) is 0 Å². The Morgan fingerprint density at radius 2 is 1.39 bits per heavy atom. The first-order chi connectivity index (χ1) is 15.4. The average Bonchev–Trinajstić information content (AvgIpc) is 3.12. The largest absolute Gasteiger partial charge is 0.336 e. The first-order valence-electron chi connectivity index (χ1n) is 13.2. The summed E-state index contributed by atoms with van der Waals surface area (Å²) in [6, 6.07) is 10.9. The zero-order chi connectivity index (χ0) is 21.6. The van der Waals surface area contributed by atoms with Crippen molar-refractivity contribution in [3.63, 3.8) is 0 Å². The van der Waals surface area contributed by atoms with Gasteiger partial charge in [-0.3, -0.25) is 4.90 Å². The number of benzene rings is 1. The maximum Gasteiger partial charge on any atom is 0.336 e. The van der Waals surface area contributed by atoms with E-state index < -0.39 is 0 Å². The number of aromatic nitrogens is 1. The van der Waals surface area contributed by atoms with E-state index >= 15 is 0 Å². The summed E-state index contributed by atoms with van der Waals surface area (Å²) in [5.41, 5.74) is 2.76. The predicted molar refractivity (Wildman–Crippen MR) is 137 cm³/mol. The molecule has 1 aliphatic rings. The van der Waals surface area contributed by atoms with Crippen molar-refractivity contribution in [2.75, 3.05) is 18.0 Å². The van der Waals surface area contributed by atoms with Crippen LogP contribution in [0.1, 0.15) is 103 Å². The lowest BCUT2D eigenvalue weighted by atomic mass is 10.0. The van der Waals surface area contributed by atoms with Gasteiger partial charge in [-0.25, -0.2) is 4.57 Å². The summed E-state index contributed by atoms with van der Waals surface area (Å²) >= 11 is 1.94. The smallest absolute Gasteiger partial charge is 0.252 e. The highest BCUT2D eigenvalue weighted by molar-refractivity contribution is 7.13. The molecule has 0 saturated carbocycles. The zero-order valence-corrected chi connectivity index (χ0v) is 20.8. The minimum atomic E-state index is 1.16. The van der Waals surface area contributed by atoms with Crippen LogP contribution in [0, 0.1) is 0 Å². The van der Waals surface area contributed by atoms with Crippen LogP contribution in [-0.4, -0.2) is 13.1 Å². The number of fused-ring (bicyclic) bond motifs is 1. The van der Waals surface area contributed by atoms with Gasteiger partial charge in [0.25, 0.3) is 0 Å². The van der Waals surface area contributed by atoms with Crippen LogP contribution in [0.25, 0.3) is 11.3 Å². The molecule has 0 bridgehead atoms. The van der Waals surface area contributed by atoms with E-state index in [1.807, 2.05) is 11.3 Å². The molecule has 3 heteroatoms. The Kier molecular flexibility index (Phi) is 11.5. The number of unbranched alkanes of at least 4 members (excludes halogenated alkanes) is 12. The normalized spacial score (nSPS) is 13.9. The second kappa shape index (κ2) is 14.7. The fourth-order valence-corrected chi connectivity index (χ4v) is 5.96. The molecule has 0 unspecified atom stereocenters. The van der Waals surface area contributed by atoms with Crippen LogP contribution in [-0.2, 0) is 6.54 Å². The van der Waals surface area contributed by atoms with Gasteiger partial charge in [0, 0.05) is 10.9 Å². The molecule has 1 aromatic carbocycles. The van der Waals surface area contributed by atoms with E-state index in [2.05, 4.69) is 52.1 Å². The fourth-order valence-electron chi connectivity index (χ4n) is 4.83. The Morgan fingerprint density at radius 1 is 0.774 bits per heavy atom. The Labute approximate surface area is 195 Å². The van der Waals surface area contributed by atoms with Gasteiger partial charge in [-0.1, -0.05) is 119 Å². The van der Waals surface area contributed by atoms with Crippen molar-refractivity contribution in [2.24, 2.45) is 0 Å². The van der Waals surface area contributed by atoms with Gasteiger partial charge in [-0.05, 0) is 25.7 Å². The second-order valence-corrected chi connectivity index (χ2v) is 10.2. The molecule has 3 rings (SSSR count). The lowest BCUT2D eigenvalue weighted by Gasteiger charge is -2.14. The van der Waals surface area contributed by atoms with Crippen LogP contribution >= 0.6 is 11.3 Å². The number of thiazole rings is 1. The molecule has 0 spiro atoms. The van der Waals surface area contributed by atoms with Crippen molar-refractivity contribution in [3.8, 4) is 11.3 Å². The third-order valence-electron chi connectivity index (χ3n) is 6.73. The Hall–Kier alpha value is -1.35. The maximum atomic E-state index is 2.67. The summed E-state index contributed by atoms with van der Waals surface area (Å²) in [5.74, 6) is 0. The van der Waals surface area contributed by atoms with Crippen molar-refractivity contribution >= 4 is 16.5 Å². The molecule has 0 saturated heterocycles. The number of hydrogen-bond donors (Lipinski definition) is 0. The monoisotopic (exact) mass is 441 g/mol. The summed E-state index contributed by atoms with van der Waals surface area (Å²) < 4.78 is 2.58. The molecular weight excluding hydrogens is 396 g/mol. The summed E-state index contributed by atoms with van der Waals surface area (Å²) in [6.07, 6.45) is 21.2. The van der Waals surface area contributed by atoms with Crippen LogP contribution in [0.2, 0.25) is 0 Å². The van der Waals surface area contributed by atoms with Gasteiger partial charge in [0.1, 0.15) is 5.69 Å². The molecule has 172 valence electrons. The molecule has 2 nitrogen and oxygen atoms in total. The van der Waals surface area contributed by atoms with E-state index in [-0.39, 0.29) is 0 Å². The maximum absolute atomic E-state index is 2.67. The fraction of sp³-hybridized carbons (Fsp3) is 0.679. The van der Waals surface area contributed by atoms with Gasteiger partial charge in [0.2, 0.25) is 0 Å². The molecule has 0 aliphatic carbocycles. The van der Waals surface area contributed by atoms with Crippen LogP contribution in [0.5, 0.6) is 0 Å². The Bertz CT molecular complexity index is 709. The van der Waals surface area contributed by atoms with E-state index in [0.717, 1.165) is 6.54 Å². The number of anilines is 1. The zero-order valence-electron chi connectivity index (χ0n) is 20.0. The summed E-state index contributed by atoms with van der Waals surface area (Å²) in [6.45, 7) is 5.92. The topological polar surface area (TPSA) is 7.12 Å². The second-order valence-electron chi connectivity index (χ2n) is 9.36. The molecule has 0 N–H and O–H groups in total. The molecule has 0 amide bonds. The van der Waals surface area contributed by atoms with E-state index in [4.69, 9.17) is 0 Å². The molecule has 31 heavy (non-hydrogen) atoms. The first-order valence-corrected chi connectivity index (χ1v) is 14.1. The van der Waals surface area contributed by atoms with Crippen LogP contribution < -0.4 is 9.47 Å². The highest BCUT2D eigenvalue weighted by atomic mass is 32.1. The lowest BCUT2D eigenvalue weighted by molar-refractivity contribution is -0.669. The van der Waals surface area contributed by atoms with Crippen molar-refractivity contribution < 1.29 is 4.57 Å². The summed E-state index contributed by atoms with van der Waals surface area (Å²) in [7, 11) is 0. The van der Waals surface area contributed by atoms with E-state index in [9.17, 15) is 0 Å². The number of rotatable bonds is 15. The molecular formula is C28H45N2S+. The number of nitrogens with zero attached hydrogens (tertiary/aromatic N) is 2.